The van der Waals surface area contributed by atoms with Crippen LogP contribution in [0.3, 0.4) is 0 Å². The number of aliphatic carboxylic acids is 1. The third kappa shape index (κ3) is 9.88. The van der Waals surface area contributed by atoms with E-state index in [1.54, 1.807) is 6.92 Å². The fourth-order valence-electron chi connectivity index (χ4n) is 5.28. The number of hydrogen-bond acceptors (Lipinski definition) is 4. The molecule has 2 aromatic rings. The monoisotopic (exact) mass is 538 g/mol. The van der Waals surface area contributed by atoms with Crippen molar-refractivity contribution in [1.29, 1.82) is 0 Å². The number of anilines is 1. The molecule has 0 radical (unpaired) electrons. The number of ether oxygens (including phenoxy) is 2. The molecular weight excluding hydrogens is 492 g/mol. The van der Waals surface area contributed by atoms with Crippen LogP contribution in [0.2, 0.25) is 0 Å². The molecule has 7 heteroatoms. The van der Waals surface area contributed by atoms with Gasteiger partial charge in [-0.3, -0.25) is 0 Å². The van der Waals surface area contributed by atoms with Gasteiger partial charge in [0, 0.05) is 25.3 Å². The van der Waals surface area contributed by atoms with Gasteiger partial charge in [0.1, 0.15) is 12.4 Å². The molecule has 214 valence electrons. The largest absolute Gasteiger partial charge is 0.492 e. The van der Waals surface area contributed by atoms with E-state index in [-0.39, 0.29) is 6.03 Å². The van der Waals surface area contributed by atoms with Crippen molar-refractivity contribution in [2.45, 2.75) is 85.2 Å². The van der Waals surface area contributed by atoms with Gasteiger partial charge in [-0.1, -0.05) is 50.3 Å². The fourth-order valence-corrected chi connectivity index (χ4v) is 5.28. The number of benzene rings is 2. The summed E-state index contributed by atoms with van der Waals surface area (Å²) in [5.41, 5.74) is 5.15. The standard InChI is InChI=1S/C32H46N2O5/c1-5-38-30(31(35)36)22-27-13-15-28(16-14-27)39-19-18-34(17-9-12-26-10-7-6-8-11-26)32(37)33-29-21-24(3)23(2)20-25(29)4/h13-16,20-21,26,30H,5-12,17-19,22H2,1-4H3,(H,33,37)(H,35,36). The SMILES string of the molecule is CCOC(Cc1ccc(OCCN(CCCC2CCCCC2)C(=O)Nc2cc(C)c(C)cc2C)cc1)C(=O)O. The zero-order valence-electron chi connectivity index (χ0n) is 24.1. The number of urea groups is 1. The number of rotatable bonds is 14. The van der Waals surface area contributed by atoms with Gasteiger partial charge in [-0.05, 0) is 86.9 Å². The topological polar surface area (TPSA) is 88.1 Å². The molecule has 1 unspecified atom stereocenters. The number of hydrogen-bond donors (Lipinski definition) is 2. The highest BCUT2D eigenvalue weighted by atomic mass is 16.5. The van der Waals surface area contributed by atoms with Gasteiger partial charge in [-0.2, -0.15) is 0 Å². The second-order valence-corrected chi connectivity index (χ2v) is 10.8. The lowest BCUT2D eigenvalue weighted by Crippen LogP contribution is -2.39. The van der Waals surface area contributed by atoms with E-state index in [1.165, 1.54) is 37.7 Å². The Morgan fingerprint density at radius 1 is 1.00 bits per heavy atom. The Bertz CT molecular complexity index is 1060. The minimum absolute atomic E-state index is 0.0976. The molecule has 1 atom stereocenters. The van der Waals surface area contributed by atoms with Gasteiger partial charge in [-0.25, -0.2) is 9.59 Å². The third-order valence-corrected chi connectivity index (χ3v) is 7.75. The van der Waals surface area contributed by atoms with Crippen LogP contribution < -0.4 is 10.1 Å². The molecule has 0 heterocycles. The average molecular weight is 539 g/mol. The van der Waals surface area contributed by atoms with Gasteiger partial charge >= 0.3 is 12.0 Å². The summed E-state index contributed by atoms with van der Waals surface area (Å²) < 4.78 is 11.3. The van der Waals surface area contributed by atoms with Crippen LogP contribution in [0.1, 0.15) is 74.1 Å². The first-order valence-electron chi connectivity index (χ1n) is 14.5. The normalized spacial score (nSPS) is 14.6. The molecular formula is C32H46N2O5. The highest BCUT2D eigenvalue weighted by Crippen LogP contribution is 2.27. The molecule has 2 amide bonds. The lowest BCUT2D eigenvalue weighted by atomic mass is 9.86. The Kier molecular flexibility index (Phi) is 12.1. The van der Waals surface area contributed by atoms with E-state index in [0.29, 0.717) is 38.5 Å². The van der Waals surface area contributed by atoms with Crippen LogP contribution in [0, 0.1) is 26.7 Å². The number of carboxylic acid groups (broad SMARTS) is 1. The first-order chi connectivity index (χ1) is 18.8. The number of nitrogens with zero attached hydrogens (tertiary/aromatic N) is 1. The molecule has 2 aromatic carbocycles. The summed E-state index contributed by atoms with van der Waals surface area (Å²) in [6, 6.07) is 11.5. The molecule has 3 rings (SSSR count). The van der Waals surface area contributed by atoms with Crippen LogP contribution in [0.5, 0.6) is 5.75 Å². The molecule has 0 saturated heterocycles. The number of aryl methyl sites for hydroxylation is 3. The lowest BCUT2D eigenvalue weighted by Gasteiger charge is -2.26. The average Bonchev–Trinajstić information content (AvgIpc) is 2.92. The Morgan fingerprint density at radius 3 is 2.36 bits per heavy atom. The minimum Gasteiger partial charge on any atom is -0.492 e. The van der Waals surface area contributed by atoms with E-state index in [4.69, 9.17) is 9.47 Å². The fraction of sp³-hybridized carbons (Fsp3) is 0.562. The molecule has 2 N–H and O–H groups in total. The van der Waals surface area contributed by atoms with E-state index in [1.807, 2.05) is 42.2 Å². The van der Waals surface area contributed by atoms with Gasteiger partial charge in [0.25, 0.3) is 0 Å². The second-order valence-electron chi connectivity index (χ2n) is 10.8. The van der Waals surface area contributed by atoms with Gasteiger partial charge < -0.3 is 24.8 Å². The van der Waals surface area contributed by atoms with Crippen molar-refractivity contribution < 1.29 is 24.2 Å². The van der Waals surface area contributed by atoms with E-state index < -0.39 is 12.1 Å². The summed E-state index contributed by atoms with van der Waals surface area (Å²) in [5, 5.41) is 12.4. The first-order valence-corrected chi connectivity index (χ1v) is 14.5. The van der Waals surface area contributed by atoms with Crippen LogP contribution in [0.25, 0.3) is 0 Å². The maximum Gasteiger partial charge on any atom is 0.333 e. The Labute approximate surface area is 233 Å². The molecule has 1 aliphatic carbocycles. The van der Waals surface area contributed by atoms with Gasteiger partial charge in [0.05, 0.1) is 6.54 Å². The van der Waals surface area contributed by atoms with Gasteiger partial charge in [0.15, 0.2) is 6.10 Å². The predicted octanol–water partition coefficient (Wildman–Crippen LogP) is 6.92. The Hall–Kier alpha value is -3.06. The molecule has 1 fully saturated rings. The maximum absolute atomic E-state index is 13.3. The highest BCUT2D eigenvalue weighted by Gasteiger charge is 2.19. The smallest absolute Gasteiger partial charge is 0.333 e. The number of carbonyl (C=O) groups excluding carboxylic acids is 1. The minimum atomic E-state index is -0.963. The highest BCUT2D eigenvalue weighted by molar-refractivity contribution is 5.90. The van der Waals surface area contributed by atoms with Gasteiger partial charge in [-0.15, -0.1) is 0 Å². The van der Waals surface area contributed by atoms with Crippen molar-refractivity contribution in [2.75, 3.05) is 31.6 Å². The maximum atomic E-state index is 13.3. The van der Waals surface area contributed by atoms with E-state index in [9.17, 15) is 14.7 Å². The van der Waals surface area contributed by atoms with Crippen molar-refractivity contribution in [3.05, 3.63) is 58.7 Å². The number of carbonyl (C=O) groups is 2. The van der Waals surface area contributed by atoms with Crippen molar-refractivity contribution in [3.8, 4) is 5.75 Å². The third-order valence-electron chi connectivity index (χ3n) is 7.75. The molecule has 39 heavy (non-hydrogen) atoms. The van der Waals surface area contributed by atoms with E-state index in [2.05, 4.69) is 25.2 Å². The van der Waals surface area contributed by atoms with Crippen molar-refractivity contribution in [3.63, 3.8) is 0 Å². The molecule has 1 aliphatic rings. The summed E-state index contributed by atoms with van der Waals surface area (Å²) in [6.07, 6.45) is 8.23. The van der Waals surface area contributed by atoms with E-state index >= 15 is 0 Å². The molecule has 0 spiro atoms. The Balaban J connectivity index is 1.57. The number of carboxylic acids is 1. The molecule has 1 saturated carbocycles. The molecule has 0 bridgehead atoms. The van der Waals surface area contributed by atoms with Crippen LogP contribution >= 0.6 is 0 Å². The zero-order valence-corrected chi connectivity index (χ0v) is 24.1. The second kappa shape index (κ2) is 15.5. The molecule has 0 aliphatic heterocycles. The van der Waals surface area contributed by atoms with Crippen molar-refractivity contribution in [2.24, 2.45) is 5.92 Å². The molecule has 0 aromatic heterocycles. The van der Waals surface area contributed by atoms with Crippen LogP contribution in [0.4, 0.5) is 10.5 Å². The van der Waals surface area contributed by atoms with Crippen LogP contribution in [0.15, 0.2) is 36.4 Å². The summed E-state index contributed by atoms with van der Waals surface area (Å²) in [4.78, 5) is 26.6. The number of amides is 2. The van der Waals surface area contributed by atoms with Crippen LogP contribution in [-0.4, -0.2) is 54.4 Å². The Morgan fingerprint density at radius 2 is 1.69 bits per heavy atom. The van der Waals surface area contributed by atoms with Crippen LogP contribution in [-0.2, 0) is 16.0 Å². The van der Waals surface area contributed by atoms with Gasteiger partial charge in [0.2, 0.25) is 0 Å². The number of nitrogens with one attached hydrogen (secondary N) is 1. The van der Waals surface area contributed by atoms with E-state index in [0.717, 1.165) is 41.1 Å². The first kappa shape index (κ1) is 30.5. The predicted molar refractivity (Wildman–Crippen MR) is 156 cm³/mol. The summed E-state index contributed by atoms with van der Waals surface area (Å²) in [6.45, 7) is 9.86. The molecule has 7 nitrogen and oxygen atoms in total. The quantitative estimate of drug-likeness (QED) is 0.273. The summed E-state index contributed by atoms with van der Waals surface area (Å²) in [7, 11) is 0. The lowest BCUT2D eigenvalue weighted by molar-refractivity contribution is -0.149. The van der Waals surface area contributed by atoms with Crippen molar-refractivity contribution >= 4 is 17.7 Å². The summed E-state index contributed by atoms with van der Waals surface area (Å²) >= 11 is 0. The zero-order chi connectivity index (χ0) is 28.2. The summed E-state index contributed by atoms with van der Waals surface area (Å²) in [5.74, 6) is 0.508. The van der Waals surface area contributed by atoms with Crippen molar-refractivity contribution in [1.82, 2.24) is 4.90 Å².